The molecule has 0 atom stereocenters. The average Bonchev–Trinajstić information content (AvgIpc) is 3.02. The molecule has 3 rings (SSSR count). The third kappa shape index (κ3) is 5.79. The molecule has 0 unspecified atom stereocenters. The van der Waals surface area contributed by atoms with Crippen molar-refractivity contribution in [3.8, 4) is 11.5 Å². The molecule has 0 radical (unpaired) electrons. The maximum absolute atomic E-state index is 12.6. The molecule has 2 aromatic rings. The minimum absolute atomic E-state index is 0.0494. The molecule has 162 valence electrons. The monoisotopic (exact) mass is 452 g/mol. The second-order valence-electron chi connectivity index (χ2n) is 7.01. The zero-order valence-corrected chi connectivity index (χ0v) is 18.3. The lowest BCUT2D eigenvalue weighted by atomic mass is 10.2. The summed E-state index contributed by atoms with van der Waals surface area (Å²) in [6.07, 6.45) is 4.34. The normalized spacial score (nSPS) is 14.7. The van der Waals surface area contributed by atoms with E-state index in [4.69, 9.17) is 21.1 Å². The number of methoxy groups -OCH3 is 1. The van der Waals surface area contributed by atoms with E-state index in [1.54, 1.807) is 12.1 Å². The molecule has 0 aromatic heterocycles. The first-order valence-electron chi connectivity index (χ1n) is 9.76. The summed E-state index contributed by atoms with van der Waals surface area (Å²) in [5, 5.41) is 0.301. The lowest BCUT2D eigenvalue weighted by Crippen LogP contribution is -2.35. The molecule has 0 bridgehead atoms. The molecule has 1 saturated heterocycles. The SMILES string of the molecule is COc1ccc(NS(=O)(=O)c2ccc(OCC(=O)N3CCCCCC3)cc2)cc1Cl. The van der Waals surface area contributed by atoms with Crippen molar-refractivity contribution in [1.29, 1.82) is 0 Å². The van der Waals surface area contributed by atoms with Crippen LogP contribution in [0.5, 0.6) is 11.5 Å². The molecule has 1 aliphatic heterocycles. The van der Waals surface area contributed by atoms with Gasteiger partial charge in [-0.05, 0) is 55.3 Å². The quantitative estimate of drug-likeness (QED) is 0.688. The van der Waals surface area contributed by atoms with E-state index in [9.17, 15) is 13.2 Å². The molecule has 9 heteroatoms. The second-order valence-corrected chi connectivity index (χ2v) is 9.10. The zero-order valence-electron chi connectivity index (χ0n) is 16.8. The third-order valence-electron chi connectivity index (χ3n) is 4.86. The number of ether oxygens (including phenoxy) is 2. The second kappa shape index (κ2) is 10.0. The van der Waals surface area contributed by atoms with Crippen LogP contribution in [-0.4, -0.2) is 46.0 Å². The number of sulfonamides is 1. The van der Waals surface area contributed by atoms with E-state index in [2.05, 4.69) is 4.72 Å². The maximum Gasteiger partial charge on any atom is 0.261 e. The van der Waals surface area contributed by atoms with Crippen molar-refractivity contribution >= 4 is 33.2 Å². The van der Waals surface area contributed by atoms with Gasteiger partial charge in [-0.2, -0.15) is 0 Å². The lowest BCUT2D eigenvalue weighted by Gasteiger charge is -2.20. The summed E-state index contributed by atoms with van der Waals surface area (Å²) in [4.78, 5) is 14.2. The van der Waals surface area contributed by atoms with Gasteiger partial charge in [-0.25, -0.2) is 8.42 Å². The van der Waals surface area contributed by atoms with E-state index in [1.807, 2.05) is 4.90 Å². The predicted molar refractivity (Wildman–Crippen MR) is 116 cm³/mol. The van der Waals surface area contributed by atoms with Crippen LogP contribution in [0.25, 0.3) is 0 Å². The van der Waals surface area contributed by atoms with Crippen molar-refractivity contribution in [2.45, 2.75) is 30.6 Å². The fourth-order valence-corrected chi connectivity index (χ4v) is 4.52. The van der Waals surface area contributed by atoms with E-state index in [1.165, 1.54) is 37.4 Å². The smallest absolute Gasteiger partial charge is 0.261 e. The molecule has 30 heavy (non-hydrogen) atoms. The third-order valence-corrected chi connectivity index (χ3v) is 6.55. The van der Waals surface area contributed by atoms with Gasteiger partial charge in [-0.1, -0.05) is 24.4 Å². The van der Waals surface area contributed by atoms with Crippen LogP contribution in [0.15, 0.2) is 47.4 Å². The number of halogens is 1. The summed E-state index contributed by atoms with van der Waals surface area (Å²) in [7, 11) is -2.32. The number of amides is 1. The Morgan fingerprint density at radius 2 is 1.73 bits per heavy atom. The number of anilines is 1. The topological polar surface area (TPSA) is 84.9 Å². The fourth-order valence-electron chi connectivity index (χ4n) is 3.22. The van der Waals surface area contributed by atoms with Crippen LogP contribution in [0.1, 0.15) is 25.7 Å². The minimum Gasteiger partial charge on any atom is -0.495 e. The highest BCUT2D eigenvalue weighted by atomic mass is 35.5. The average molecular weight is 453 g/mol. The Labute approximate surface area is 182 Å². The molecular formula is C21H25ClN2O5S. The maximum atomic E-state index is 12.6. The Kier molecular flexibility index (Phi) is 7.44. The largest absolute Gasteiger partial charge is 0.495 e. The van der Waals surface area contributed by atoms with Crippen LogP contribution in [-0.2, 0) is 14.8 Å². The van der Waals surface area contributed by atoms with Crippen molar-refractivity contribution in [3.63, 3.8) is 0 Å². The summed E-state index contributed by atoms with van der Waals surface area (Å²) in [6, 6.07) is 10.5. The van der Waals surface area contributed by atoms with Crippen molar-refractivity contribution in [1.82, 2.24) is 4.90 Å². The van der Waals surface area contributed by atoms with Crippen LogP contribution in [0.2, 0.25) is 5.02 Å². The first kappa shape index (κ1) is 22.2. The van der Waals surface area contributed by atoms with E-state index in [0.29, 0.717) is 22.2 Å². The van der Waals surface area contributed by atoms with E-state index in [-0.39, 0.29) is 17.4 Å². The van der Waals surface area contributed by atoms with Gasteiger partial charge in [0.1, 0.15) is 11.5 Å². The summed E-state index contributed by atoms with van der Waals surface area (Å²) in [5.41, 5.74) is 0.323. The van der Waals surface area contributed by atoms with Gasteiger partial charge in [-0.3, -0.25) is 9.52 Å². The highest BCUT2D eigenvalue weighted by Gasteiger charge is 2.17. The minimum atomic E-state index is -3.80. The Hall–Kier alpha value is -2.45. The number of carbonyl (C=O) groups excluding carboxylic acids is 1. The van der Waals surface area contributed by atoms with Gasteiger partial charge in [0.05, 0.1) is 22.7 Å². The standard InChI is InChI=1S/C21H25ClN2O5S/c1-28-20-11-6-16(14-19(20)22)23-30(26,27)18-9-7-17(8-10-18)29-15-21(25)24-12-4-2-3-5-13-24/h6-11,14,23H,2-5,12-13,15H2,1H3. The van der Waals surface area contributed by atoms with Crippen molar-refractivity contribution in [3.05, 3.63) is 47.5 Å². The summed E-state index contributed by atoms with van der Waals surface area (Å²) in [5.74, 6) is 0.840. The van der Waals surface area contributed by atoms with Gasteiger partial charge >= 0.3 is 0 Å². The predicted octanol–water partition coefficient (Wildman–Crippen LogP) is 3.93. The van der Waals surface area contributed by atoms with Gasteiger partial charge in [0.25, 0.3) is 15.9 Å². The Morgan fingerprint density at radius 3 is 2.33 bits per heavy atom. The summed E-state index contributed by atoms with van der Waals surface area (Å²) in [6.45, 7) is 1.47. The first-order valence-corrected chi connectivity index (χ1v) is 11.6. The highest BCUT2D eigenvalue weighted by Crippen LogP contribution is 2.28. The highest BCUT2D eigenvalue weighted by molar-refractivity contribution is 7.92. The molecule has 1 aliphatic rings. The van der Waals surface area contributed by atoms with Gasteiger partial charge in [0, 0.05) is 13.1 Å². The van der Waals surface area contributed by atoms with Gasteiger partial charge in [0.15, 0.2) is 6.61 Å². The molecule has 0 aliphatic carbocycles. The Bertz CT molecular complexity index is 971. The van der Waals surface area contributed by atoms with Crippen molar-refractivity contribution in [2.24, 2.45) is 0 Å². The molecule has 0 saturated carbocycles. The van der Waals surface area contributed by atoms with Crippen LogP contribution in [0.4, 0.5) is 5.69 Å². The van der Waals surface area contributed by atoms with Crippen molar-refractivity contribution < 1.29 is 22.7 Å². The van der Waals surface area contributed by atoms with Crippen LogP contribution in [0.3, 0.4) is 0 Å². The van der Waals surface area contributed by atoms with E-state index < -0.39 is 10.0 Å². The lowest BCUT2D eigenvalue weighted by molar-refractivity contribution is -0.133. The molecule has 7 nitrogen and oxygen atoms in total. The fraction of sp³-hybridized carbons (Fsp3) is 0.381. The number of nitrogens with zero attached hydrogens (tertiary/aromatic N) is 1. The molecule has 1 N–H and O–H groups in total. The van der Waals surface area contributed by atoms with Gasteiger partial charge in [-0.15, -0.1) is 0 Å². The van der Waals surface area contributed by atoms with Crippen LogP contribution < -0.4 is 14.2 Å². The van der Waals surface area contributed by atoms with Crippen LogP contribution >= 0.6 is 11.6 Å². The summed E-state index contributed by atoms with van der Waals surface area (Å²) >= 11 is 6.04. The molecule has 1 fully saturated rings. The molecule has 1 heterocycles. The number of likely N-dealkylation sites (tertiary alicyclic amines) is 1. The van der Waals surface area contributed by atoms with Gasteiger partial charge < -0.3 is 14.4 Å². The summed E-state index contributed by atoms with van der Waals surface area (Å²) < 4.78 is 38.3. The molecule has 0 spiro atoms. The Morgan fingerprint density at radius 1 is 1.07 bits per heavy atom. The first-order chi connectivity index (χ1) is 14.4. The number of hydrogen-bond acceptors (Lipinski definition) is 5. The molecule has 1 amide bonds. The zero-order chi connectivity index (χ0) is 21.6. The number of rotatable bonds is 7. The van der Waals surface area contributed by atoms with E-state index >= 15 is 0 Å². The molecular weight excluding hydrogens is 428 g/mol. The molecule has 2 aromatic carbocycles. The van der Waals surface area contributed by atoms with Gasteiger partial charge in [0.2, 0.25) is 0 Å². The van der Waals surface area contributed by atoms with Crippen LogP contribution in [0, 0.1) is 0 Å². The number of hydrogen-bond donors (Lipinski definition) is 1. The number of nitrogens with one attached hydrogen (secondary N) is 1. The number of carbonyl (C=O) groups is 1. The number of benzene rings is 2. The van der Waals surface area contributed by atoms with E-state index in [0.717, 1.165) is 38.8 Å². The Balaban J connectivity index is 1.60. The van der Waals surface area contributed by atoms with Crippen molar-refractivity contribution in [2.75, 3.05) is 31.5 Å².